The standard InChI is InChI=1S/C23H28N2O4S/c1-12(2)19-24-20-18(15-8-6-13(23(3,4)5)10-17(15)30-20)21(26)25(19)11-14-7-9-16(29-14)22(27)28/h7,9,12-13H,6,8,10-11H2,1-5H3,(H,27,28). The van der Waals surface area contributed by atoms with E-state index >= 15 is 0 Å². The van der Waals surface area contributed by atoms with Crippen LogP contribution >= 0.6 is 11.3 Å². The highest BCUT2D eigenvalue weighted by Gasteiger charge is 2.32. The Morgan fingerprint density at radius 1 is 1.37 bits per heavy atom. The number of rotatable bonds is 4. The predicted octanol–water partition coefficient (Wildman–Crippen LogP) is 5.07. The van der Waals surface area contributed by atoms with E-state index in [0.717, 1.165) is 35.0 Å². The zero-order chi connectivity index (χ0) is 21.8. The number of fused-ring (bicyclic) bond motifs is 3. The lowest BCUT2D eigenvalue weighted by Crippen LogP contribution is -2.28. The Bertz CT molecular complexity index is 1180. The number of carboxylic acids is 1. The highest BCUT2D eigenvalue weighted by Crippen LogP contribution is 2.42. The van der Waals surface area contributed by atoms with Gasteiger partial charge in [-0.3, -0.25) is 9.36 Å². The van der Waals surface area contributed by atoms with Crippen LogP contribution in [0.4, 0.5) is 0 Å². The van der Waals surface area contributed by atoms with Gasteiger partial charge in [0.2, 0.25) is 5.76 Å². The highest BCUT2D eigenvalue weighted by molar-refractivity contribution is 7.18. The molecule has 0 aliphatic heterocycles. The van der Waals surface area contributed by atoms with E-state index in [1.807, 2.05) is 13.8 Å². The van der Waals surface area contributed by atoms with Crippen LogP contribution in [0.25, 0.3) is 10.2 Å². The molecule has 0 spiro atoms. The molecule has 3 aromatic heterocycles. The Kier molecular flexibility index (Phi) is 5.12. The normalized spacial score (nSPS) is 16.9. The van der Waals surface area contributed by atoms with Crippen LogP contribution in [0.2, 0.25) is 0 Å². The molecule has 0 fully saturated rings. The number of aryl methyl sites for hydroxylation is 1. The molecule has 1 aliphatic rings. The number of carbonyl (C=O) groups is 1. The highest BCUT2D eigenvalue weighted by atomic mass is 32.1. The van der Waals surface area contributed by atoms with Crippen molar-refractivity contribution in [3.63, 3.8) is 0 Å². The van der Waals surface area contributed by atoms with Gasteiger partial charge in [0.1, 0.15) is 16.4 Å². The average Bonchev–Trinajstić information content (AvgIpc) is 3.26. The van der Waals surface area contributed by atoms with Crippen molar-refractivity contribution in [1.82, 2.24) is 9.55 Å². The monoisotopic (exact) mass is 428 g/mol. The maximum absolute atomic E-state index is 13.6. The topological polar surface area (TPSA) is 85.3 Å². The van der Waals surface area contributed by atoms with Crippen molar-refractivity contribution in [1.29, 1.82) is 0 Å². The molecule has 0 saturated carbocycles. The molecule has 160 valence electrons. The maximum Gasteiger partial charge on any atom is 0.371 e. The number of carboxylic acid groups (broad SMARTS) is 1. The van der Waals surface area contributed by atoms with Gasteiger partial charge in [-0.15, -0.1) is 11.3 Å². The molecule has 0 aromatic carbocycles. The lowest BCUT2D eigenvalue weighted by atomic mass is 9.72. The van der Waals surface area contributed by atoms with Crippen LogP contribution in [-0.4, -0.2) is 20.6 Å². The van der Waals surface area contributed by atoms with Crippen LogP contribution in [-0.2, 0) is 19.4 Å². The molecule has 6 nitrogen and oxygen atoms in total. The lowest BCUT2D eigenvalue weighted by molar-refractivity contribution is 0.0660. The van der Waals surface area contributed by atoms with Crippen LogP contribution in [0.5, 0.6) is 0 Å². The van der Waals surface area contributed by atoms with E-state index in [1.165, 1.54) is 10.9 Å². The molecular weight excluding hydrogens is 400 g/mol. The molecule has 0 bridgehead atoms. The third-order valence-corrected chi connectivity index (χ3v) is 7.27. The molecule has 1 atom stereocenters. The van der Waals surface area contributed by atoms with Crippen molar-refractivity contribution in [3.05, 3.63) is 50.3 Å². The first-order chi connectivity index (χ1) is 14.1. The summed E-state index contributed by atoms with van der Waals surface area (Å²) < 4.78 is 7.07. The van der Waals surface area contributed by atoms with Crippen LogP contribution < -0.4 is 5.56 Å². The van der Waals surface area contributed by atoms with Crippen LogP contribution in [0.3, 0.4) is 0 Å². The van der Waals surface area contributed by atoms with Crippen LogP contribution in [0, 0.1) is 11.3 Å². The van der Waals surface area contributed by atoms with E-state index in [-0.39, 0.29) is 29.2 Å². The van der Waals surface area contributed by atoms with Crippen LogP contribution in [0.15, 0.2) is 21.3 Å². The van der Waals surface area contributed by atoms with Gasteiger partial charge in [-0.25, -0.2) is 9.78 Å². The molecule has 1 unspecified atom stereocenters. The smallest absolute Gasteiger partial charge is 0.371 e. The second kappa shape index (κ2) is 7.38. The molecule has 30 heavy (non-hydrogen) atoms. The molecule has 1 N–H and O–H groups in total. The molecular formula is C23H28N2O4S. The Hall–Kier alpha value is -2.41. The summed E-state index contributed by atoms with van der Waals surface area (Å²) in [6.45, 7) is 11.1. The molecule has 3 heterocycles. The summed E-state index contributed by atoms with van der Waals surface area (Å²) in [6.07, 6.45) is 2.98. The third kappa shape index (κ3) is 3.60. The number of aromatic carboxylic acids is 1. The maximum atomic E-state index is 13.6. The van der Waals surface area contributed by atoms with Crippen molar-refractivity contribution >= 4 is 27.5 Å². The van der Waals surface area contributed by atoms with E-state index < -0.39 is 5.97 Å². The summed E-state index contributed by atoms with van der Waals surface area (Å²) >= 11 is 1.66. The number of furan rings is 1. The third-order valence-electron chi connectivity index (χ3n) is 6.13. The number of nitrogens with zero attached hydrogens (tertiary/aromatic N) is 2. The number of hydrogen-bond donors (Lipinski definition) is 1. The first kappa shape index (κ1) is 20.8. The van der Waals surface area contributed by atoms with Crippen molar-refractivity contribution in [3.8, 4) is 0 Å². The fourth-order valence-corrected chi connectivity index (χ4v) is 5.64. The minimum absolute atomic E-state index is 0.0521. The zero-order valence-corrected chi connectivity index (χ0v) is 18.9. The quantitative estimate of drug-likeness (QED) is 0.627. The first-order valence-corrected chi connectivity index (χ1v) is 11.2. The number of hydrogen-bond acceptors (Lipinski definition) is 5. The van der Waals surface area contributed by atoms with Gasteiger partial charge in [0, 0.05) is 10.8 Å². The minimum Gasteiger partial charge on any atom is -0.475 e. The molecule has 0 saturated heterocycles. The van der Waals surface area contributed by atoms with Crippen molar-refractivity contribution < 1.29 is 14.3 Å². The largest absolute Gasteiger partial charge is 0.475 e. The van der Waals surface area contributed by atoms with Gasteiger partial charge in [-0.2, -0.15) is 0 Å². The van der Waals surface area contributed by atoms with Gasteiger partial charge < -0.3 is 9.52 Å². The number of aromatic nitrogens is 2. The zero-order valence-electron chi connectivity index (χ0n) is 18.1. The fraction of sp³-hybridized carbons (Fsp3) is 0.522. The van der Waals surface area contributed by atoms with Gasteiger partial charge in [0.05, 0.1) is 11.9 Å². The van der Waals surface area contributed by atoms with Gasteiger partial charge >= 0.3 is 5.97 Å². The average molecular weight is 429 g/mol. The SMILES string of the molecule is CC(C)c1nc2sc3c(c2c(=O)n1Cc1ccc(C(=O)O)o1)CCC(C(C)(C)C)C3. The second-order valence-electron chi connectivity index (χ2n) is 9.58. The van der Waals surface area contributed by atoms with E-state index in [2.05, 4.69) is 20.8 Å². The fourth-order valence-electron chi connectivity index (χ4n) is 4.34. The second-order valence-corrected chi connectivity index (χ2v) is 10.7. The van der Waals surface area contributed by atoms with Crippen molar-refractivity contribution in [2.75, 3.05) is 0 Å². The van der Waals surface area contributed by atoms with E-state index in [9.17, 15) is 9.59 Å². The van der Waals surface area contributed by atoms with Gasteiger partial charge in [-0.05, 0) is 48.3 Å². The Labute approximate surface area is 179 Å². The van der Waals surface area contributed by atoms with E-state index in [4.69, 9.17) is 14.5 Å². The van der Waals surface area contributed by atoms with Crippen LogP contribution in [0.1, 0.15) is 79.5 Å². The lowest BCUT2D eigenvalue weighted by Gasteiger charge is -2.33. The summed E-state index contributed by atoms with van der Waals surface area (Å²) in [5, 5.41) is 9.85. The molecule has 0 radical (unpaired) electrons. The molecule has 0 amide bonds. The molecule has 7 heteroatoms. The Morgan fingerprint density at radius 2 is 2.10 bits per heavy atom. The van der Waals surface area contributed by atoms with E-state index in [0.29, 0.717) is 17.5 Å². The number of thiophene rings is 1. The summed E-state index contributed by atoms with van der Waals surface area (Å²) in [4.78, 5) is 31.7. The first-order valence-electron chi connectivity index (χ1n) is 10.4. The van der Waals surface area contributed by atoms with Gasteiger partial charge in [0.15, 0.2) is 0 Å². The van der Waals surface area contributed by atoms with Crippen molar-refractivity contribution in [2.24, 2.45) is 11.3 Å². The molecule has 3 aromatic rings. The predicted molar refractivity (Wildman–Crippen MR) is 118 cm³/mol. The molecule has 4 rings (SSSR count). The van der Waals surface area contributed by atoms with E-state index in [1.54, 1.807) is 22.0 Å². The summed E-state index contributed by atoms with van der Waals surface area (Å²) in [5.41, 5.74) is 1.34. The summed E-state index contributed by atoms with van der Waals surface area (Å²) in [6, 6.07) is 3.03. The Balaban J connectivity index is 1.82. The summed E-state index contributed by atoms with van der Waals surface area (Å²) in [7, 11) is 0. The van der Waals surface area contributed by atoms with Gasteiger partial charge in [0.25, 0.3) is 5.56 Å². The molecule has 1 aliphatic carbocycles. The Morgan fingerprint density at radius 3 is 2.70 bits per heavy atom. The van der Waals surface area contributed by atoms with Crippen molar-refractivity contribution in [2.45, 2.75) is 66.3 Å². The minimum atomic E-state index is -1.12. The summed E-state index contributed by atoms with van der Waals surface area (Å²) in [5.74, 6) is 0.548. The van der Waals surface area contributed by atoms with Gasteiger partial charge in [-0.1, -0.05) is 34.6 Å².